The molecule has 1 N–H and O–H groups in total. The number of benzene rings is 1. The van der Waals surface area contributed by atoms with Crippen molar-refractivity contribution in [1.82, 2.24) is 9.29 Å². The van der Waals surface area contributed by atoms with Crippen LogP contribution in [0.25, 0.3) is 0 Å². The van der Waals surface area contributed by atoms with Crippen LogP contribution < -0.4 is 10.1 Å². The summed E-state index contributed by atoms with van der Waals surface area (Å²) < 4.78 is 37.4. The molecule has 0 atom stereocenters. The van der Waals surface area contributed by atoms with Gasteiger partial charge in [-0.25, -0.2) is 13.4 Å². The van der Waals surface area contributed by atoms with Gasteiger partial charge in [0.15, 0.2) is 10.9 Å². The molecule has 146 valence electrons. The highest BCUT2D eigenvalue weighted by Crippen LogP contribution is 2.31. The molecule has 8 nitrogen and oxygen atoms in total. The van der Waals surface area contributed by atoms with Gasteiger partial charge in [-0.15, -0.1) is 11.3 Å². The molecule has 0 saturated carbocycles. The molecular formula is C18H17N3O5S2. The van der Waals surface area contributed by atoms with E-state index in [4.69, 9.17) is 9.15 Å². The first-order chi connectivity index (χ1) is 13.5. The molecule has 0 saturated heterocycles. The van der Waals surface area contributed by atoms with Gasteiger partial charge in [-0.3, -0.25) is 10.1 Å². The zero-order valence-corrected chi connectivity index (χ0v) is 16.5. The monoisotopic (exact) mass is 419 g/mol. The first kappa shape index (κ1) is 18.7. The summed E-state index contributed by atoms with van der Waals surface area (Å²) in [6.45, 7) is 0.550. The normalized spacial score (nSPS) is 14.5. The highest BCUT2D eigenvalue weighted by molar-refractivity contribution is 7.89. The predicted octanol–water partition coefficient (Wildman–Crippen LogP) is 2.74. The van der Waals surface area contributed by atoms with Crippen LogP contribution in [0.5, 0.6) is 5.75 Å². The Kier molecular flexibility index (Phi) is 4.92. The second-order valence-corrected chi connectivity index (χ2v) is 9.11. The fourth-order valence-corrected chi connectivity index (χ4v) is 5.40. The van der Waals surface area contributed by atoms with Crippen LogP contribution in [0.1, 0.15) is 21.1 Å². The number of anilines is 1. The predicted molar refractivity (Wildman–Crippen MR) is 103 cm³/mol. The summed E-state index contributed by atoms with van der Waals surface area (Å²) in [6.07, 6.45) is 1.90. The van der Waals surface area contributed by atoms with Crippen molar-refractivity contribution in [3.63, 3.8) is 0 Å². The van der Waals surface area contributed by atoms with Gasteiger partial charge < -0.3 is 9.15 Å². The SMILES string of the molecule is COc1ccc(S(=O)(=O)N2CCc3nc(NC(=O)c4ccco4)sc3C2)cc1. The summed E-state index contributed by atoms with van der Waals surface area (Å²) in [5.41, 5.74) is 0.806. The van der Waals surface area contributed by atoms with Gasteiger partial charge in [0.25, 0.3) is 5.91 Å². The number of nitrogens with one attached hydrogen (secondary N) is 1. The molecule has 0 bridgehead atoms. The van der Waals surface area contributed by atoms with Gasteiger partial charge in [-0.1, -0.05) is 0 Å². The van der Waals surface area contributed by atoms with Gasteiger partial charge in [0, 0.05) is 17.8 Å². The Morgan fingerprint density at radius 1 is 1.29 bits per heavy atom. The Bertz CT molecular complexity index is 1090. The number of hydrogen-bond acceptors (Lipinski definition) is 7. The van der Waals surface area contributed by atoms with Gasteiger partial charge in [0.2, 0.25) is 10.0 Å². The summed E-state index contributed by atoms with van der Waals surface area (Å²) in [7, 11) is -2.10. The molecule has 1 aromatic carbocycles. The summed E-state index contributed by atoms with van der Waals surface area (Å²) in [6, 6.07) is 9.50. The molecule has 4 rings (SSSR count). The third-order valence-electron chi connectivity index (χ3n) is 4.36. The molecular weight excluding hydrogens is 402 g/mol. The lowest BCUT2D eigenvalue weighted by atomic mass is 10.2. The maximum absolute atomic E-state index is 12.9. The minimum atomic E-state index is -3.62. The number of thiazole rings is 1. The van der Waals surface area contributed by atoms with Crippen molar-refractivity contribution in [3.8, 4) is 5.75 Å². The van der Waals surface area contributed by atoms with Crippen molar-refractivity contribution in [2.75, 3.05) is 19.0 Å². The summed E-state index contributed by atoms with van der Waals surface area (Å²) >= 11 is 1.27. The average molecular weight is 419 g/mol. The van der Waals surface area contributed by atoms with Gasteiger partial charge in [0.1, 0.15) is 5.75 Å². The Labute approximate surface area is 165 Å². The van der Waals surface area contributed by atoms with Crippen molar-refractivity contribution in [1.29, 1.82) is 0 Å². The summed E-state index contributed by atoms with van der Waals surface area (Å²) in [5.74, 6) is 0.398. The number of hydrogen-bond donors (Lipinski definition) is 1. The van der Waals surface area contributed by atoms with Crippen molar-refractivity contribution in [2.24, 2.45) is 0 Å². The highest BCUT2D eigenvalue weighted by Gasteiger charge is 2.30. The van der Waals surface area contributed by atoms with E-state index in [0.717, 1.165) is 10.6 Å². The van der Waals surface area contributed by atoms with Crippen LogP contribution in [0.4, 0.5) is 5.13 Å². The quantitative estimate of drug-likeness (QED) is 0.682. The first-order valence-electron chi connectivity index (χ1n) is 8.45. The third-order valence-corrected chi connectivity index (χ3v) is 7.22. The van der Waals surface area contributed by atoms with Crippen molar-refractivity contribution >= 4 is 32.4 Å². The van der Waals surface area contributed by atoms with Crippen molar-refractivity contribution in [2.45, 2.75) is 17.9 Å². The third kappa shape index (κ3) is 3.53. The number of carbonyl (C=O) groups excluding carboxylic acids is 1. The number of carbonyl (C=O) groups is 1. The standard InChI is InChI=1S/C18H17N3O5S2/c1-25-12-4-6-13(7-5-12)28(23,24)21-9-8-14-16(11-21)27-18(19-14)20-17(22)15-3-2-10-26-15/h2-7,10H,8-9,11H2,1H3,(H,19,20,22). The minimum Gasteiger partial charge on any atom is -0.497 e. The summed E-state index contributed by atoms with van der Waals surface area (Å²) in [5, 5.41) is 3.12. The van der Waals surface area contributed by atoms with Gasteiger partial charge >= 0.3 is 0 Å². The van der Waals surface area contributed by atoms with Gasteiger partial charge in [0.05, 0.1) is 30.5 Å². The molecule has 3 heterocycles. The lowest BCUT2D eigenvalue weighted by Crippen LogP contribution is -2.35. The molecule has 2 aromatic heterocycles. The number of methoxy groups -OCH3 is 1. The fraction of sp³-hybridized carbons (Fsp3) is 0.222. The molecule has 1 amide bonds. The Hall–Kier alpha value is -2.69. The van der Waals surface area contributed by atoms with E-state index in [0.29, 0.717) is 23.8 Å². The number of ether oxygens (including phenoxy) is 1. The van der Waals surface area contributed by atoms with Crippen LogP contribution in [0, 0.1) is 0 Å². The molecule has 28 heavy (non-hydrogen) atoms. The van der Waals surface area contributed by atoms with Crippen LogP contribution in [0.2, 0.25) is 0 Å². The van der Waals surface area contributed by atoms with Gasteiger partial charge in [-0.2, -0.15) is 4.31 Å². The maximum Gasteiger partial charge on any atom is 0.293 e. The molecule has 0 unspecified atom stereocenters. The average Bonchev–Trinajstić information content (AvgIpc) is 3.36. The maximum atomic E-state index is 12.9. The van der Waals surface area contributed by atoms with E-state index in [1.165, 1.54) is 41.1 Å². The van der Waals surface area contributed by atoms with E-state index < -0.39 is 10.0 Å². The minimum absolute atomic E-state index is 0.192. The van der Waals surface area contributed by atoms with E-state index in [2.05, 4.69) is 10.3 Å². The Balaban J connectivity index is 1.51. The van der Waals surface area contributed by atoms with E-state index in [9.17, 15) is 13.2 Å². The second-order valence-electron chi connectivity index (χ2n) is 6.08. The van der Waals surface area contributed by atoms with E-state index in [-0.39, 0.29) is 23.1 Å². The van der Waals surface area contributed by atoms with Crippen LogP contribution in [0.15, 0.2) is 52.0 Å². The number of nitrogens with zero attached hydrogens (tertiary/aromatic N) is 2. The second kappa shape index (κ2) is 7.38. The summed E-state index contributed by atoms with van der Waals surface area (Å²) in [4.78, 5) is 17.5. The number of aromatic nitrogens is 1. The highest BCUT2D eigenvalue weighted by atomic mass is 32.2. The number of furan rings is 1. The molecule has 0 spiro atoms. The molecule has 0 aliphatic carbocycles. The number of rotatable bonds is 5. The number of amides is 1. The van der Waals surface area contributed by atoms with Gasteiger partial charge in [-0.05, 0) is 36.4 Å². The zero-order chi connectivity index (χ0) is 19.7. The molecule has 1 aliphatic rings. The molecule has 0 radical (unpaired) electrons. The Morgan fingerprint density at radius 2 is 2.07 bits per heavy atom. The van der Waals surface area contributed by atoms with E-state index >= 15 is 0 Å². The Morgan fingerprint density at radius 3 is 2.75 bits per heavy atom. The smallest absolute Gasteiger partial charge is 0.293 e. The largest absolute Gasteiger partial charge is 0.497 e. The van der Waals surface area contributed by atoms with Crippen LogP contribution in [0.3, 0.4) is 0 Å². The fourth-order valence-electron chi connectivity index (χ4n) is 2.89. The zero-order valence-electron chi connectivity index (χ0n) is 14.9. The van der Waals surface area contributed by atoms with Crippen molar-refractivity contribution < 1.29 is 22.4 Å². The lowest BCUT2D eigenvalue weighted by molar-refractivity contribution is 0.0996. The van der Waals surface area contributed by atoms with Crippen molar-refractivity contribution in [3.05, 3.63) is 59.0 Å². The van der Waals surface area contributed by atoms with Crippen LogP contribution in [-0.4, -0.2) is 37.3 Å². The molecule has 10 heteroatoms. The number of sulfonamides is 1. The van der Waals surface area contributed by atoms with Crippen LogP contribution >= 0.6 is 11.3 Å². The molecule has 0 fully saturated rings. The molecule has 3 aromatic rings. The molecule has 1 aliphatic heterocycles. The first-order valence-corrected chi connectivity index (χ1v) is 10.7. The van der Waals surface area contributed by atoms with E-state index in [1.54, 1.807) is 24.3 Å². The van der Waals surface area contributed by atoms with E-state index in [1.807, 2.05) is 0 Å². The number of fused-ring (bicyclic) bond motifs is 1. The topological polar surface area (TPSA) is 102 Å². The van der Waals surface area contributed by atoms with Crippen LogP contribution in [-0.2, 0) is 23.0 Å². The lowest BCUT2D eigenvalue weighted by Gasteiger charge is -2.25.